The highest BCUT2D eigenvalue weighted by Crippen LogP contribution is 2.39. The molecule has 1 atom stereocenters. The number of phenols is 1. The van der Waals surface area contributed by atoms with E-state index in [1.807, 2.05) is 31.2 Å². The van der Waals surface area contributed by atoms with Crippen molar-refractivity contribution in [2.75, 3.05) is 5.32 Å². The maximum absolute atomic E-state index is 11.9. The van der Waals surface area contributed by atoms with E-state index in [9.17, 15) is 9.90 Å². The summed E-state index contributed by atoms with van der Waals surface area (Å²) < 4.78 is 0. The van der Waals surface area contributed by atoms with Gasteiger partial charge in [0, 0.05) is 27.8 Å². The second-order valence-electron chi connectivity index (χ2n) is 8.60. The molecule has 0 aliphatic carbocycles. The zero-order chi connectivity index (χ0) is 20.8. The van der Waals surface area contributed by atoms with Crippen LogP contribution in [0.15, 0.2) is 30.3 Å². The van der Waals surface area contributed by atoms with Gasteiger partial charge in [0.2, 0.25) is 5.91 Å². The average molecular weight is 416 g/mol. The predicted molar refractivity (Wildman–Crippen MR) is 123 cm³/mol. The lowest BCUT2D eigenvalue weighted by Gasteiger charge is -2.22. The molecule has 3 rings (SSSR count). The van der Waals surface area contributed by atoms with Gasteiger partial charge in [0.15, 0.2) is 0 Å². The van der Waals surface area contributed by atoms with Crippen molar-refractivity contribution >= 4 is 34.9 Å². The molecule has 1 aromatic heterocycles. The third kappa shape index (κ3) is 4.41. The van der Waals surface area contributed by atoms with Crippen molar-refractivity contribution in [3.05, 3.63) is 47.0 Å². The van der Waals surface area contributed by atoms with Crippen molar-refractivity contribution in [1.82, 2.24) is 4.98 Å². The van der Waals surface area contributed by atoms with Gasteiger partial charge in [0.05, 0.1) is 6.04 Å². The molecule has 0 fully saturated rings. The second kappa shape index (κ2) is 8.09. The van der Waals surface area contributed by atoms with E-state index in [4.69, 9.17) is 5.73 Å². The van der Waals surface area contributed by atoms with Crippen LogP contribution in [-0.2, 0) is 10.2 Å². The first-order chi connectivity index (χ1) is 13.0. The Morgan fingerprint density at radius 2 is 1.83 bits per heavy atom. The number of aromatic nitrogens is 1. The fourth-order valence-electron chi connectivity index (χ4n) is 3.44. The van der Waals surface area contributed by atoms with Crippen LogP contribution in [0.5, 0.6) is 5.75 Å². The minimum absolute atomic E-state index is 0. The maximum atomic E-state index is 11.9. The summed E-state index contributed by atoms with van der Waals surface area (Å²) in [7, 11) is 0. The quantitative estimate of drug-likeness (QED) is 0.476. The van der Waals surface area contributed by atoms with Crippen LogP contribution < -0.4 is 11.1 Å². The van der Waals surface area contributed by atoms with E-state index < -0.39 is 6.04 Å². The molecule has 1 amide bonds. The first-order valence-electron chi connectivity index (χ1n) is 9.52. The molecule has 5 nitrogen and oxygen atoms in total. The number of nitrogens with two attached hydrogens (primary N) is 1. The Balaban J connectivity index is 0.00000300. The van der Waals surface area contributed by atoms with Crippen LogP contribution in [0.2, 0.25) is 0 Å². The van der Waals surface area contributed by atoms with E-state index in [0.717, 1.165) is 44.5 Å². The molecule has 29 heavy (non-hydrogen) atoms. The van der Waals surface area contributed by atoms with Crippen LogP contribution in [0.1, 0.15) is 44.4 Å². The zero-order valence-electron chi connectivity index (χ0n) is 17.8. The summed E-state index contributed by atoms with van der Waals surface area (Å²) in [5.41, 5.74) is 12.1. The maximum Gasteiger partial charge on any atom is 0.240 e. The minimum atomic E-state index is -0.561. The number of halogens is 1. The number of carbonyl (C=O) groups is 1. The van der Waals surface area contributed by atoms with Gasteiger partial charge >= 0.3 is 0 Å². The predicted octanol–water partition coefficient (Wildman–Crippen LogP) is 5.16. The van der Waals surface area contributed by atoms with Gasteiger partial charge in [-0.15, -0.1) is 12.4 Å². The molecule has 0 bridgehead atoms. The monoisotopic (exact) mass is 415 g/mol. The molecule has 5 N–H and O–H groups in total. The number of aromatic hydroxyl groups is 1. The smallest absolute Gasteiger partial charge is 0.240 e. The number of hydrogen-bond donors (Lipinski definition) is 4. The van der Waals surface area contributed by atoms with Gasteiger partial charge in [0.1, 0.15) is 5.75 Å². The number of aromatic amines is 1. The number of benzene rings is 2. The number of aryl methyl sites for hydroxylation is 2. The van der Waals surface area contributed by atoms with Crippen LogP contribution in [0.3, 0.4) is 0 Å². The van der Waals surface area contributed by atoms with E-state index in [1.165, 1.54) is 0 Å². The van der Waals surface area contributed by atoms with Gasteiger partial charge in [-0.2, -0.15) is 0 Å². The fraction of sp³-hybridized carbons (Fsp3) is 0.348. The number of H-pyrrole nitrogens is 1. The molecule has 6 heteroatoms. The number of carbonyl (C=O) groups excluding carboxylic acids is 1. The SMILES string of the molecule is Cc1cc(-c2[nH]c3ccc(NC(=O)[C@H](C)N)cc3c2C)cc(C(C)(C)C)c1O.Cl. The summed E-state index contributed by atoms with van der Waals surface area (Å²) in [5, 5.41) is 14.4. The minimum Gasteiger partial charge on any atom is -0.507 e. The van der Waals surface area contributed by atoms with Crippen molar-refractivity contribution in [3.63, 3.8) is 0 Å². The molecule has 0 saturated heterocycles. The van der Waals surface area contributed by atoms with Crippen LogP contribution in [0.25, 0.3) is 22.2 Å². The van der Waals surface area contributed by atoms with Crippen LogP contribution in [-0.4, -0.2) is 22.0 Å². The Bertz CT molecular complexity index is 1060. The Kier molecular flexibility index (Phi) is 6.36. The molecule has 2 aromatic carbocycles. The standard InChI is InChI=1S/C23H29N3O2.ClH/c1-12-9-15(10-18(21(12)27)23(4,5)6)20-13(2)17-11-16(7-8-19(17)26-20)25-22(28)14(3)24;/h7-11,14,26-27H,24H2,1-6H3,(H,25,28);1H/t14-;/m0./s1. The van der Waals surface area contributed by atoms with Crippen molar-refractivity contribution in [3.8, 4) is 17.0 Å². The molecule has 0 aliphatic rings. The summed E-state index contributed by atoms with van der Waals surface area (Å²) in [5.74, 6) is 0.141. The number of anilines is 1. The highest BCUT2D eigenvalue weighted by molar-refractivity contribution is 5.98. The lowest BCUT2D eigenvalue weighted by molar-refractivity contribution is -0.117. The summed E-state index contributed by atoms with van der Waals surface area (Å²) >= 11 is 0. The van der Waals surface area contributed by atoms with Crippen molar-refractivity contribution < 1.29 is 9.90 Å². The molecule has 0 spiro atoms. The van der Waals surface area contributed by atoms with Gasteiger partial charge in [0.25, 0.3) is 0 Å². The summed E-state index contributed by atoms with van der Waals surface area (Å²) in [6.45, 7) is 11.9. The second-order valence-corrected chi connectivity index (χ2v) is 8.60. The van der Waals surface area contributed by atoms with E-state index in [-0.39, 0.29) is 23.7 Å². The summed E-state index contributed by atoms with van der Waals surface area (Å²) in [4.78, 5) is 15.4. The first kappa shape index (κ1) is 22.8. The molecule has 0 saturated carbocycles. The number of nitrogens with one attached hydrogen (secondary N) is 2. The van der Waals surface area contributed by atoms with Gasteiger partial charge in [-0.05, 0) is 73.2 Å². The summed E-state index contributed by atoms with van der Waals surface area (Å²) in [6, 6.07) is 9.28. The Morgan fingerprint density at radius 1 is 1.17 bits per heavy atom. The molecule has 1 heterocycles. The van der Waals surface area contributed by atoms with Crippen LogP contribution >= 0.6 is 12.4 Å². The number of amides is 1. The van der Waals surface area contributed by atoms with E-state index in [1.54, 1.807) is 6.92 Å². The third-order valence-electron chi connectivity index (χ3n) is 5.14. The Morgan fingerprint density at radius 3 is 2.41 bits per heavy atom. The normalized spacial score (nSPS) is 12.5. The van der Waals surface area contributed by atoms with Crippen LogP contribution in [0.4, 0.5) is 5.69 Å². The number of fused-ring (bicyclic) bond motifs is 1. The largest absolute Gasteiger partial charge is 0.507 e. The zero-order valence-corrected chi connectivity index (χ0v) is 18.6. The van der Waals surface area contributed by atoms with Gasteiger partial charge < -0.3 is 21.1 Å². The number of rotatable bonds is 3. The summed E-state index contributed by atoms with van der Waals surface area (Å²) in [6.07, 6.45) is 0. The molecule has 0 unspecified atom stereocenters. The third-order valence-corrected chi connectivity index (χ3v) is 5.14. The molecule has 156 valence electrons. The molecule has 0 radical (unpaired) electrons. The van der Waals surface area contributed by atoms with E-state index in [2.05, 4.69) is 44.1 Å². The Hall–Kier alpha value is -2.50. The highest BCUT2D eigenvalue weighted by Gasteiger charge is 2.22. The van der Waals surface area contributed by atoms with E-state index in [0.29, 0.717) is 5.75 Å². The van der Waals surface area contributed by atoms with Crippen molar-refractivity contribution in [2.24, 2.45) is 5.73 Å². The fourth-order valence-corrected chi connectivity index (χ4v) is 3.44. The van der Waals surface area contributed by atoms with Crippen LogP contribution in [0, 0.1) is 13.8 Å². The Labute approximate surface area is 178 Å². The first-order valence-corrected chi connectivity index (χ1v) is 9.52. The topological polar surface area (TPSA) is 91.1 Å². The number of phenolic OH excluding ortho intramolecular Hbond substituents is 1. The lowest BCUT2D eigenvalue weighted by atomic mass is 9.83. The van der Waals surface area contributed by atoms with Crippen molar-refractivity contribution in [2.45, 2.75) is 53.0 Å². The average Bonchev–Trinajstić information content (AvgIpc) is 2.92. The molecular weight excluding hydrogens is 386 g/mol. The van der Waals surface area contributed by atoms with Gasteiger partial charge in [-0.3, -0.25) is 4.79 Å². The van der Waals surface area contributed by atoms with Crippen molar-refractivity contribution in [1.29, 1.82) is 0 Å². The highest BCUT2D eigenvalue weighted by atomic mass is 35.5. The number of hydrogen-bond acceptors (Lipinski definition) is 3. The van der Waals surface area contributed by atoms with Gasteiger partial charge in [-0.25, -0.2) is 0 Å². The van der Waals surface area contributed by atoms with Gasteiger partial charge in [-0.1, -0.05) is 20.8 Å². The van der Waals surface area contributed by atoms with E-state index >= 15 is 0 Å². The molecule has 3 aromatic rings. The molecular formula is C23H30ClN3O2. The lowest BCUT2D eigenvalue weighted by Crippen LogP contribution is -2.32. The molecule has 0 aliphatic heterocycles.